The normalized spacial score (nSPS) is 21.5. The zero-order chi connectivity index (χ0) is 35.2. The van der Waals surface area contributed by atoms with Crippen LogP contribution in [0.15, 0.2) is 61.6 Å². The molecule has 1 aromatic carbocycles. The lowest BCUT2D eigenvalue weighted by Gasteiger charge is -2.42. The Hall–Kier alpha value is -5.40. The Morgan fingerprint density at radius 2 is 1.82 bits per heavy atom. The predicted octanol–water partition coefficient (Wildman–Crippen LogP) is 4.28. The van der Waals surface area contributed by atoms with Gasteiger partial charge in [-0.05, 0) is 80.6 Å². The first-order valence-electron chi connectivity index (χ1n) is 17.5. The fourth-order valence-corrected chi connectivity index (χ4v) is 6.96. The van der Waals surface area contributed by atoms with Gasteiger partial charge < -0.3 is 19.5 Å². The summed E-state index contributed by atoms with van der Waals surface area (Å²) >= 11 is 0. The molecule has 51 heavy (non-hydrogen) atoms. The van der Waals surface area contributed by atoms with Gasteiger partial charge in [0.15, 0.2) is 0 Å². The molecular formula is C35H43N13O3. The first kappa shape index (κ1) is 34.1. The Balaban J connectivity index is 1.04. The SMILES string of the molecule is C[C@@H]1CN(C2CCC(n3cc(Nc4ncc(-c5ccc(C#N)c(O[C@@H](C)Cn6cnnn6)c5)cn4)c(OCCn4cccn4)n3)CC2)C[C@H](C)O1. The zero-order valence-electron chi connectivity index (χ0n) is 29.1. The van der Waals surface area contributed by atoms with Gasteiger partial charge in [0.25, 0.3) is 5.88 Å². The van der Waals surface area contributed by atoms with Gasteiger partial charge in [-0.15, -0.1) is 10.2 Å². The van der Waals surface area contributed by atoms with E-state index in [1.165, 1.54) is 6.33 Å². The summed E-state index contributed by atoms with van der Waals surface area (Å²) in [5.74, 6) is 1.37. The maximum atomic E-state index is 9.69. The molecule has 1 N–H and O–H groups in total. The largest absolute Gasteiger partial charge is 0.487 e. The van der Waals surface area contributed by atoms with Crippen LogP contribution in [-0.4, -0.2) is 98.7 Å². The molecule has 1 aliphatic heterocycles. The Morgan fingerprint density at radius 3 is 2.53 bits per heavy atom. The van der Waals surface area contributed by atoms with Crippen LogP contribution in [0.1, 0.15) is 58.1 Å². The number of aromatic nitrogens is 10. The fourth-order valence-electron chi connectivity index (χ4n) is 6.96. The molecule has 7 rings (SSSR count). The summed E-state index contributed by atoms with van der Waals surface area (Å²) in [5.41, 5.74) is 2.72. The van der Waals surface area contributed by atoms with E-state index >= 15 is 0 Å². The summed E-state index contributed by atoms with van der Waals surface area (Å²) in [5, 5.41) is 33.4. The second-order valence-corrected chi connectivity index (χ2v) is 13.3. The van der Waals surface area contributed by atoms with E-state index in [0.29, 0.717) is 54.6 Å². The molecule has 16 heteroatoms. The highest BCUT2D eigenvalue weighted by Gasteiger charge is 2.32. The molecule has 0 amide bonds. The van der Waals surface area contributed by atoms with Crippen LogP contribution in [0.4, 0.5) is 11.6 Å². The third-order valence-electron chi connectivity index (χ3n) is 9.32. The van der Waals surface area contributed by atoms with Crippen molar-refractivity contribution in [3.63, 3.8) is 0 Å². The minimum Gasteiger partial charge on any atom is -0.487 e. The number of hydrogen-bond donors (Lipinski definition) is 1. The van der Waals surface area contributed by atoms with Crippen LogP contribution >= 0.6 is 0 Å². The van der Waals surface area contributed by atoms with Gasteiger partial charge in [0.05, 0.1) is 43.1 Å². The highest BCUT2D eigenvalue weighted by atomic mass is 16.5. The van der Waals surface area contributed by atoms with Crippen LogP contribution in [0, 0.1) is 11.3 Å². The molecule has 266 valence electrons. The number of ether oxygens (including phenoxy) is 3. The molecule has 2 fully saturated rings. The van der Waals surface area contributed by atoms with E-state index in [1.54, 1.807) is 29.3 Å². The third kappa shape index (κ3) is 8.50. The number of nitrogens with zero attached hydrogens (tertiary/aromatic N) is 12. The number of hydrogen-bond acceptors (Lipinski definition) is 13. The number of tetrazole rings is 1. The van der Waals surface area contributed by atoms with E-state index in [9.17, 15) is 5.26 Å². The number of rotatable bonds is 13. The van der Waals surface area contributed by atoms with E-state index in [0.717, 1.165) is 49.9 Å². The predicted molar refractivity (Wildman–Crippen MR) is 186 cm³/mol. The van der Waals surface area contributed by atoms with Gasteiger partial charge in [-0.1, -0.05) is 6.07 Å². The summed E-state index contributed by atoms with van der Waals surface area (Å²) in [6.07, 6.45) is 15.2. The molecule has 0 radical (unpaired) electrons. The molecule has 2 aliphatic rings. The molecule has 1 saturated heterocycles. The van der Waals surface area contributed by atoms with E-state index in [2.05, 4.69) is 60.7 Å². The maximum Gasteiger partial charge on any atom is 0.257 e. The van der Waals surface area contributed by atoms with Crippen molar-refractivity contribution in [3.05, 3.63) is 67.1 Å². The molecule has 16 nitrogen and oxygen atoms in total. The van der Waals surface area contributed by atoms with Crippen molar-refractivity contribution in [1.82, 2.24) is 54.6 Å². The quantitative estimate of drug-likeness (QED) is 0.185. The summed E-state index contributed by atoms with van der Waals surface area (Å²) in [6, 6.07) is 10.3. The lowest BCUT2D eigenvalue weighted by Crippen LogP contribution is -2.51. The van der Waals surface area contributed by atoms with Crippen molar-refractivity contribution in [3.8, 4) is 28.8 Å². The van der Waals surface area contributed by atoms with Crippen LogP contribution in [0.3, 0.4) is 0 Å². The Kier molecular flexibility index (Phi) is 10.5. The highest BCUT2D eigenvalue weighted by molar-refractivity contribution is 5.67. The van der Waals surface area contributed by atoms with E-state index in [1.807, 2.05) is 46.9 Å². The lowest BCUT2D eigenvalue weighted by molar-refractivity contribution is -0.0852. The topological polar surface area (TPSA) is 172 Å². The Bertz CT molecular complexity index is 1870. The van der Waals surface area contributed by atoms with Gasteiger partial charge in [-0.25, -0.2) is 14.6 Å². The molecule has 4 aromatic heterocycles. The molecule has 5 heterocycles. The van der Waals surface area contributed by atoms with Crippen LogP contribution in [0.25, 0.3) is 11.1 Å². The average molecular weight is 694 g/mol. The monoisotopic (exact) mass is 693 g/mol. The molecule has 0 bridgehead atoms. The number of benzene rings is 1. The van der Waals surface area contributed by atoms with Gasteiger partial charge in [-0.2, -0.15) is 10.4 Å². The molecule has 1 aliphatic carbocycles. The van der Waals surface area contributed by atoms with Crippen LogP contribution < -0.4 is 14.8 Å². The maximum absolute atomic E-state index is 9.69. The molecule has 1 saturated carbocycles. The summed E-state index contributed by atoms with van der Waals surface area (Å²) in [7, 11) is 0. The van der Waals surface area contributed by atoms with Crippen molar-refractivity contribution in [2.45, 2.75) is 89.9 Å². The van der Waals surface area contributed by atoms with E-state index in [4.69, 9.17) is 19.3 Å². The van der Waals surface area contributed by atoms with Gasteiger partial charge in [0.2, 0.25) is 5.95 Å². The lowest BCUT2D eigenvalue weighted by atomic mass is 9.89. The number of nitrogens with one attached hydrogen (secondary N) is 1. The van der Waals surface area contributed by atoms with Crippen molar-refractivity contribution >= 4 is 11.6 Å². The smallest absolute Gasteiger partial charge is 0.257 e. The van der Waals surface area contributed by atoms with Gasteiger partial charge in [-0.3, -0.25) is 14.3 Å². The summed E-state index contributed by atoms with van der Waals surface area (Å²) in [6.45, 7) is 9.65. The Morgan fingerprint density at radius 1 is 1.04 bits per heavy atom. The molecule has 0 unspecified atom stereocenters. The highest BCUT2D eigenvalue weighted by Crippen LogP contribution is 2.35. The zero-order valence-corrected chi connectivity index (χ0v) is 29.1. The van der Waals surface area contributed by atoms with Crippen molar-refractivity contribution in [2.75, 3.05) is 25.0 Å². The first-order valence-corrected chi connectivity index (χ1v) is 17.5. The standard InChI is InChI=1S/C35H43N13O3/c1-24-19-45(20-25(2)50-24)30-7-9-31(10-8-30)48-22-32(34(42-48)49-14-13-46-12-4-11-40-46)41-35-37-17-29(18-38-35)27-5-6-28(16-36)33(15-27)51-26(3)21-47-23-39-43-44-47/h4-6,11-12,15,17-18,22-26,30-31H,7-10,13-14,19-21H2,1-3H3,(H,37,38,41)/t24-,25+,26-,30?,31?/m0/s1. The number of anilines is 2. The minimum absolute atomic E-state index is 0.267. The first-order chi connectivity index (χ1) is 24.9. The van der Waals surface area contributed by atoms with Crippen LogP contribution in [0.2, 0.25) is 0 Å². The summed E-state index contributed by atoms with van der Waals surface area (Å²) < 4.78 is 23.7. The second-order valence-electron chi connectivity index (χ2n) is 13.3. The average Bonchev–Trinajstić information content (AvgIpc) is 3.92. The van der Waals surface area contributed by atoms with Crippen LogP contribution in [0.5, 0.6) is 11.6 Å². The Labute approximate surface area is 296 Å². The second kappa shape index (κ2) is 15.7. The number of morpholine rings is 1. The van der Waals surface area contributed by atoms with Gasteiger partial charge >= 0.3 is 0 Å². The van der Waals surface area contributed by atoms with Crippen LogP contribution in [-0.2, 0) is 17.8 Å². The van der Waals surface area contributed by atoms with E-state index < -0.39 is 0 Å². The van der Waals surface area contributed by atoms with Gasteiger partial charge in [0.1, 0.15) is 36.5 Å². The molecule has 0 spiro atoms. The van der Waals surface area contributed by atoms with Crippen molar-refractivity contribution in [2.24, 2.45) is 0 Å². The minimum atomic E-state index is -0.275. The van der Waals surface area contributed by atoms with Gasteiger partial charge in [0, 0.05) is 49.5 Å². The van der Waals surface area contributed by atoms with Crippen molar-refractivity contribution in [1.29, 1.82) is 5.26 Å². The van der Waals surface area contributed by atoms with E-state index in [-0.39, 0.29) is 24.4 Å². The molecule has 5 aromatic rings. The molecule has 3 atom stereocenters. The molecular weight excluding hydrogens is 650 g/mol. The van der Waals surface area contributed by atoms with Crippen molar-refractivity contribution < 1.29 is 14.2 Å². The third-order valence-corrected chi connectivity index (χ3v) is 9.32. The summed E-state index contributed by atoms with van der Waals surface area (Å²) in [4.78, 5) is 11.8. The number of nitriles is 1. The fraction of sp³-hybridized carbons (Fsp3) is 0.486.